The predicted molar refractivity (Wildman–Crippen MR) is 108 cm³/mol. The summed E-state index contributed by atoms with van der Waals surface area (Å²) in [5.41, 5.74) is 3.03. The number of aliphatic hydroxyl groups is 1. The van der Waals surface area contributed by atoms with Gasteiger partial charge < -0.3 is 10.1 Å². The zero-order valence-corrected chi connectivity index (χ0v) is 16.4. The molecule has 5 nitrogen and oxygen atoms in total. The molecule has 1 aromatic carbocycles. The maximum Gasteiger partial charge on any atom is 0.260 e. The first-order chi connectivity index (χ1) is 12.4. The fraction of sp³-hybridized carbons (Fsp3) is 0.400. The number of aryl methyl sites for hydroxylation is 1. The Balaban J connectivity index is 1.91. The smallest absolute Gasteiger partial charge is 0.260 e. The molecule has 138 valence electrons. The molecule has 0 aliphatic heterocycles. The third-order valence-electron chi connectivity index (χ3n) is 4.62. The maximum absolute atomic E-state index is 12.7. The van der Waals surface area contributed by atoms with Crippen LogP contribution in [0.3, 0.4) is 0 Å². The van der Waals surface area contributed by atoms with Gasteiger partial charge in [0.25, 0.3) is 5.56 Å². The summed E-state index contributed by atoms with van der Waals surface area (Å²) in [6.45, 7) is 7.06. The van der Waals surface area contributed by atoms with E-state index in [0.717, 1.165) is 21.5 Å². The molecule has 0 radical (unpaired) electrons. The van der Waals surface area contributed by atoms with Crippen LogP contribution in [-0.2, 0) is 6.54 Å². The van der Waals surface area contributed by atoms with Gasteiger partial charge in [-0.25, -0.2) is 4.98 Å². The number of nitrogens with one attached hydrogen (secondary N) is 1. The number of nitrogens with zero attached hydrogens (tertiary/aromatic N) is 2. The molecule has 6 heteroatoms. The predicted octanol–water partition coefficient (Wildman–Crippen LogP) is 3.41. The number of aliphatic hydroxyl groups excluding tert-OH is 1. The second-order valence-corrected chi connectivity index (χ2v) is 8.02. The van der Waals surface area contributed by atoms with E-state index in [9.17, 15) is 9.90 Å². The van der Waals surface area contributed by atoms with Gasteiger partial charge in [-0.1, -0.05) is 38.1 Å². The van der Waals surface area contributed by atoms with E-state index in [4.69, 9.17) is 0 Å². The van der Waals surface area contributed by atoms with Crippen LogP contribution in [0, 0.1) is 12.8 Å². The van der Waals surface area contributed by atoms with Crippen molar-refractivity contribution in [2.24, 2.45) is 5.92 Å². The zero-order valence-electron chi connectivity index (χ0n) is 15.6. The van der Waals surface area contributed by atoms with Crippen molar-refractivity contribution in [3.8, 4) is 11.1 Å². The van der Waals surface area contributed by atoms with Gasteiger partial charge in [-0.05, 0) is 31.0 Å². The second-order valence-electron chi connectivity index (χ2n) is 7.17. The van der Waals surface area contributed by atoms with Crippen molar-refractivity contribution in [2.75, 3.05) is 13.6 Å². The van der Waals surface area contributed by atoms with E-state index in [1.165, 1.54) is 11.3 Å². The van der Waals surface area contributed by atoms with Gasteiger partial charge in [-0.2, -0.15) is 0 Å². The quantitative estimate of drug-likeness (QED) is 0.697. The van der Waals surface area contributed by atoms with Gasteiger partial charge in [0.1, 0.15) is 10.7 Å². The highest BCUT2D eigenvalue weighted by Gasteiger charge is 2.16. The number of hydrogen-bond acceptors (Lipinski definition) is 5. The molecule has 2 heterocycles. The van der Waals surface area contributed by atoms with Gasteiger partial charge in [-0.3, -0.25) is 9.69 Å². The Hall–Kier alpha value is -2.02. The normalized spacial score (nSPS) is 13.0. The van der Waals surface area contributed by atoms with Crippen molar-refractivity contribution in [3.05, 3.63) is 51.4 Å². The first-order valence-corrected chi connectivity index (χ1v) is 9.67. The molecule has 0 aliphatic carbocycles. The molecular weight excluding hydrogens is 346 g/mol. The molecule has 3 rings (SSSR count). The monoisotopic (exact) mass is 371 g/mol. The van der Waals surface area contributed by atoms with Gasteiger partial charge in [0.15, 0.2) is 0 Å². The number of hydrogen-bond donors (Lipinski definition) is 2. The number of fused-ring (bicyclic) bond motifs is 1. The van der Waals surface area contributed by atoms with E-state index in [1.807, 2.05) is 62.4 Å². The Bertz CT molecular complexity index is 961. The molecule has 2 N–H and O–H groups in total. The summed E-state index contributed by atoms with van der Waals surface area (Å²) >= 11 is 1.49. The van der Waals surface area contributed by atoms with Crippen molar-refractivity contribution in [1.29, 1.82) is 0 Å². The summed E-state index contributed by atoms with van der Waals surface area (Å²) in [5.74, 6) is 0.819. The van der Waals surface area contributed by atoms with Crippen LogP contribution in [0.15, 0.2) is 34.4 Å². The lowest BCUT2D eigenvalue weighted by Gasteiger charge is -2.22. The number of thiophene rings is 1. The lowest BCUT2D eigenvalue weighted by molar-refractivity contribution is 0.0830. The summed E-state index contributed by atoms with van der Waals surface area (Å²) in [6, 6.07) is 8.06. The SMILES string of the molecule is Cc1ccccc1-c1csc2nc(CN(C)CC(O)C(C)C)[nH]c(=O)c12. The molecule has 0 saturated heterocycles. The zero-order chi connectivity index (χ0) is 18.8. The summed E-state index contributed by atoms with van der Waals surface area (Å²) < 4.78 is 0. The van der Waals surface area contributed by atoms with E-state index < -0.39 is 6.10 Å². The van der Waals surface area contributed by atoms with Gasteiger partial charge >= 0.3 is 0 Å². The van der Waals surface area contributed by atoms with Crippen LogP contribution in [-0.4, -0.2) is 39.7 Å². The first-order valence-electron chi connectivity index (χ1n) is 8.79. The molecule has 0 spiro atoms. The number of aromatic nitrogens is 2. The molecule has 2 aromatic heterocycles. The average Bonchev–Trinajstić information content (AvgIpc) is 2.99. The summed E-state index contributed by atoms with van der Waals surface area (Å²) in [7, 11) is 1.92. The lowest BCUT2D eigenvalue weighted by atomic mass is 10.0. The minimum atomic E-state index is -0.398. The molecule has 0 aliphatic rings. The van der Waals surface area contributed by atoms with Crippen LogP contribution >= 0.6 is 11.3 Å². The van der Waals surface area contributed by atoms with Crippen molar-refractivity contribution in [3.63, 3.8) is 0 Å². The van der Waals surface area contributed by atoms with Gasteiger partial charge in [0, 0.05) is 17.5 Å². The van der Waals surface area contributed by atoms with E-state index >= 15 is 0 Å². The fourth-order valence-electron chi connectivity index (χ4n) is 2.99. The number of likely N-dealkylation sites (N-methyl/N-ethyl adjacent to an activating group) is 1. The van der Waals surface area contributed by atoms with Crippen molar-refractivity contribution in [2.45, 2.75) is 33.4 Å². The van der Waals surface area contributed by atoms with Crippen molar-refractivity contribution >= 4 is 21.6 Å². The molecule has 3 aromatic rings. The number of H-pyrrole nitrogens is 1. The molecule has 1 unspecified atom stereocenters. The molecule has 26 heavy (non-hydrogen) atoms. The molecule has 0 bridgehead atoms. The Kier molecular flexibility index (Phi) is 5.55. The van der Waals surface area contributed by atoms with Crippen LogP contribution in [0.1, 0.15) is 25.2 Å². The molecular formula is C20H25N3O2S. The average molecular weight is 372 g/mol. The number of benzene rings is 1. The Morgan fingerprint density at radius 2 is 2.00 bits per heavy atom. The van der Waals surface area contributed by atoms with Crippen LogP contribution in [0.4, 0.5) is 0 Å². The number of aromatic amines is 1. The maximum atomic E-state index is 12.7. The minimum Gasteiger partial charge on any atom is -0.392 e. The molecule has 0 amide bonds. The van der Waals surface area contributed by atoms with E-state index in [-0.39, 0.29) is 11.5 Å². The van der Waals surface area contributed by atoms with E-state index in [0.29, 0.717) is 24.3 Å². The van der Waals surface area contributed by atoms with E-state index in [1.54, 1.807) is 0 Å². The topological polar surface area (TPSA) is 69.2 Å². The van der Waals surface area contributed by atoms with Crippen LogP contribution in [0.2, 0.25) is 0 Å². The Morgan fingerprint density at radius 3 is 2.69 bits per heavy atom. The van der Waals surface area contributed by atoms with Gasteiger partial charge in [0.2, 0.25) is 0 Å². The third kappa shape index (κ3) is 3.87. The second kappa shape index (κ2) is 7.70. The van der Waals surface area contributed by atoms with Gasteiger partial charge in [0.05, 0.1) is 18.0 Å². The largest absolute Gasteiger partial charge is 0.392 e. The van der Waals surface area contributed by atoms with Crippen LogP contribution < -0.4 is 5.56 Å². The number of rotatable bonds is 6. The Labute approximate surface area is 157 Å². The standard InChI is InChI=1S/C20H25N3O2S/c1-12(2)16(24)9-23(4)10-17-21-19(25)18-15(11-26-20(18)22-17)14-8-6-5-7-13(14)3/h5-8,11-12,16,24H,9-10H2,1-4H3,(H,21,22,25). The molecule has 0 saturated carbocycles. The highest BCUT2D eigenvalue weighted by atomic mass is 32.1. The summed E-state index contributed by atoms with van der Waals surface area (Å²) in [4.78, 5) is 23.0. The lowest BCUT2D eigenvalue weighted by Crippen LogP contribution is -2.33. The van der Waals surface area contributed by atoms with Gasteiger partial charge in [-0.15, -0.1) is 11.3 Å². The highest BCUT2D eigenvalue weighted by molar-refractivity contribution is 7.17. The highest BCUT2D eigenvalue weighted by Crippen LogP contribution is 2.32. The first kappa shape index (κ1) is 18.8. The van der Waals surface area contributed by atoms with Crippen molar-refractivity contribution in [1.82, 2.24) is 14.9 Å². The molecule has 1 atom stereocenters. The summed E-state index contributed by atoms with van der Waals surface area (Å²) in [5, 5.41) is 12.7. The summed E-state index contributed by atoms with van der Waals surface area (Å²) in [6.07, 6.45) is -0.398. The molecule has 0 fully saturated rings. The van der Waals surface area contributed by atoms with E-state index in [2.05, 4.69) is 9.97 Å². The fourth-order valence-corrected chi connectivity index (χ4v) is 3.95. The van der Waals surface area contributed by atoms with Crippen LogP contribution in [0.5, 0.6) is 0 Å². The third-order valence-corrected chi connectivity index (χ3v) is 5.49. The Morgan fingerprint density at radius 1 is 1.27 bits per heavy atom. The van der Waals surface area contributed by atoms with Crippen molar-refractivity contribution < 1.29 is 5.11 Å². The minimum absolute atomic E-state index is 0.109. The van der Waals surface area contributed by atoms with Crippen LogP contribution in [0.25, 0.3) is 21.3 Å².